The fraction of sp³-hybridized carbons (Fsp3) is 0.333. The molecular weight excluding hydrogens is 210 g/mol. The summed E-state index contributed by atoms with van der Waals surface area (Å²) in [5.74, 6) is -1.39. The van der Waals surface area contributed by atoms with Crippen molar-refractivity contribution in [1.82, 2.24) is 14.9 Å². The van der Waals surface area contributed by atoms with Crippen molar-refractivity contribution in [3.8, 4) is 0 Å². The first-order valence-corrected chi connectivity index (χ1v) is 5.10. The number of aromatic carboxylic acids is 1. The van der Waals surface area contributed by atoms with Crippen LogP contribution in [0.2, 0.25) is 0 Å². The minimum absolute atomic E-state index is 0.191. The third-order valence-electron chi connectivity index (χ3n) is 1.63. The zero-order valence-corrected chi connectivity index (χ0v) is 8.34. The number of carboxylic acids is 1. The molecule has 0 radical (unpaired) electrons. The third kappa shape index (κ3) is 1.61. The summed E-state index contributed by atoms with van der Waals surface area (Å²) >= 11 is 0. The van der Waals surface area contributed by atoms with Gasteiger partial charge in [0, 0.05) is 0 Å². The van der Waals surface area contributed by atoms with Crippen LogP contribution in [-0.4, -0.2) is 36.7 Å². The summed E-state index contributed by atoms with van der Waals surface area (Å²) in [6.07, 6.45) is 0. The van der Waals surface area contributed by atoms with E-state index in [4.69, 9.17) is 5.11 Å². The molecule has 0 fully saturated rings. The van der Waals surface area contributed by atoms with Gasteiger partial charge in [-0.3, -0.25) is 5.10 Å². The average molecular weight is 219 g/mol. The summed E-state index contributed by atoms with van der Waals surface area (Å²) in [5, 5.41) is 14.4. The smallest absolute Gasteiger partial charge is 0.357 e. The molecule has 3 N–H and O–H groups in total. The number of carbonyl (C=O) groups is 1. The summed E-state index contributed by atoms with van der Waals surface area (Å²) in [7, 11) is -2.58. The molecule has 7 nitrogen and oxygen atoms in total. The van der Waals surface area contributed by atoms with Gasteiger partial charge in [-0.15, -0.1) is 0 Å². The molecule has 0 atom stereocenters. The number of H-pyrrole nitrogens is 1. The Morgan fingerprint density at radius 2 is 2.14 bits per heavy atom. The molecule has 1 aromatic heterocycles. The number of carboxylic acid groups (broad SMARTS) is 1. The molecule has 1 heterocycles. The van der Waals surface area contributed by atoms with Crippen molar-refractivity contribution in [1.29, 1.82) is 0 Å². The number of hydrogen-bond donors (Lipinski definition) is 3. The molecule has 1 rings (SSSR count). The van der Waals surface area contributed by atoms with Gasteiger partial charge >= 0.3 is 5.97 Å². The first-order valence-electron chi connectivity index (χ1n) is 3.62. The standard InChI is InChI=1S/C6H9N3O4S/c1-3-5(14(12,13)7-2)4(6(10)11)9-8-3/h7H,1-2H3,(H,8,9)(H,10,11). The molecule has 0 saturated carbocycles. The van der Waals surface area contributed by atoms with E-state index in [2.05, 4.69) is 10.2 Å². The van der Waals surface area contributed by atoms with Gasteiger partial charge in [-0.25, -0.2) is 17.9 Å². The highest BCUT2D eigenvalue weighted by Crippen LogP contribution is 2.16. The SMILES string of the molecule is CNS(=O)(=O)c1c(C(=O)O)n[nH]c1C. The largest absolute Gasteiger partial charge is 0.476 e. The van der Waals surface area contributed by atoms with Crippen LogP contribution in [0.1, 0.15) is 16.2 Å². The lowest BCUT2D eigenvalue weighted by Crippen LogP contribution is -2.21. The molecule has 1 aromatic rings. The Morgan fingerprint density at radius 1 is 1.57 bits per heavy atom. The van der Waals surface area contributed by atoms with Crippen LogP contribution in [0.25, 0.3) is 0 Å². The lowest BCUT2D eigenvalue weighted by atomic mass is 10.4. The molecule has 0 spiro atoms. The molecule has 78 valence electrons. The molecule has 0 bridgehead atoms. The molecule has 0 aliphatic heterocycles. The highest BCUT2D eigenvalue weighted by atomic mass is 32.2. The Balaban J connectivity index is 3.47. The zero-order chi connectivity index (χ0) is 10.9. The second kappa shape index (κ2) is 3.39. The van der Waals surface area contributed by atoms with Crippen molar-refractivity contribution in [2.24, 2.45) is 0 Å². The van der Waals surface area contributed by atoms with Crippen molar-refractivity contribution in [3.63, 3.8) is 0 Å². The number of aromatic amines is 1. The fourth-order valence-corrected chi connectivity index (χ4v) is 2.04. The van der Waals surface area contributed by atoms with Gasteiger partial charge in [0.1, 0.15) is 4.90 Å². The summed E-state index contributed by atoms with van der Waals surface area (Å²) in [6.45, 7) is 1.43. The number of sulfonamides is 1. The van der Waals surface area contributed by atoms with E-state index < -0.39 is 21.7 Å². The van der Waals surface area contributed by atoms with E-state index >= 15 is 0 Å². The summed E-state index contributed by atoms with van der Waals surface area (Å²) in [6, 6.07) is 0. The lowest BCUT2D eigenvalue weighted by Gasteiger charge is -2.00. The van der Waals surface area contributed by atoms with Crippen LogP contribution < -0.4 is 4.72 Å². The Bertz CT molecular complexity index is 461. The topological polar surface area (TPSA) is 112 Å². The monoisotopic (exact) mass is 219 g/mol. The first kappa shape index (κ1) is 10.7. The van der Waals surface area contributed by atoms with E-state index in [9.17, 15) is 13.2 Å². The Hall–Kier alpha value is -1.41. The van der Waals surface area contributed by atoms with Gasteiger partial charge < -0.3 is 5.11 Å². The third-order valence-corrected chi connectivity index (χ3v) is 3.21. The van der Waals surface area contributed by atoms with E-state index in [0.717, 1.165) is 0 Å². The second-order valence-electron chi connectivity index (χ2n) is 2.54. The van der Waals surface area contributed by atoms with Crippen molar-refractivity contribution in [2.45, 2.75) is 11.8 Å². The number of hydrogen-bond acceptors (Lipinski definition) is 4. The van der Waals surface area contributed by atoms with Crippen LogP contribution in [0, 0.1) is 6.92 Å². The summed E-state index contributed by atoms with van der Waals surface area (Å²) in [4.78, 5) is 10.3. The quantitative estimate of drug-likeness (QED) is 0.623. The number of aromatic nitrogens is 2. The highest BCUT2D eigenvalue weighted by Gasteiger charge is 2.26. The van der Waals surface area contributed by atoms with E-state index in [1.54, 1.807) is 0 Å². The Morgan fingerprint density at radius 3 is 2.57 bits per heavy atom. The second-order valence-corrected chi connectivity index (χ2v) is 4.36. The minimum atomic E-state index is -3.79. The van der Waals surface area contributed by atoms with E-state index in [1.807, 2.05) is 4.72 Å². The van der Waals surface area contributed by atoms with E-state index in [0.29, 0.717) is 0 Å². The maximum atomic E-state index is 11.4. The summed E-state index contributed by atoms with van der Waals surface area (Å²) < 4.78 is 24.8. The van der Waals surface area contributed by atoms with Gasteiger partial charge in [-0.2, -0.15) is 5.10 Å². The Kier molecular flexibility index (Phi) is 2.58. The predicted octanol–water partition coefficient (Wildman–Crippen LogP) is -0.676. The van der Waals surface area contributed by atoms with E-state index in [-0.39, 0.29) is 10.6 Å². The fourth-order valence-electron chi connectivity index (χ4n) is 0.995. The van der Waals surface area contributed by atoms with Crippen molar-refractivity contribution < 1.29 is 18.3 Å². The van der Waals surface area contributed by atoms with Crippen LogP contribution in [0.5, 0.6) is 0 Å². The molecule has 0 amide bonds. The number of nitrogens with zero attached hydrogens (tertiary/aromatic N) is 1. The maximum Gasteiger partial charge on any atom is 0.357 e. The average Bonchev–Trinajstić information content (AvgIpc) is 2.47. The molecule has 0 unspecified atom stereocenters. The predicted molar refractivity (Wildman–Crippen MR) is 46.5 cm³/mol. The molecule has 0 aliphatic carbocycles. The highest BCUT2D eigenvalue weighted by molar-refractivity contribution is 7.89. The van der Waals surface area contributed by atoms with Gasteiger partial charge in [-0.05, 0) is 14.0 Å². The summed E-state index contributed by atoms with van der Waals surface area (Å²) in [5.41, 5.74) is -0.311. The van der Waals surface area contributed by atoms with Crippen molar-refractivity contribution in [2.75, 3.05) is 7.05 Å². The van der Waals surface area contributed by atoms with Gasteiger partial charge in [0.2, 0.25) is 10.0 Å². The number of rotatable bonds is 3. The van der Waals surface area contributed by atoms with Gasteiger partial charge in [-0.1, -0.05) is 0 Å². The van der Waals surface area contributed by atoms with Crippen LogP contribution >= 0.6 is 0 Å². The molecule has 8 heteroatoms. The molecule has 0 aromatic carbocycles. The minimum Gasteiger partial charge on any atom is -0.476 e. The van der Waals surface area contributed by atoms with Crippen LogP contribution in [0.15, 0.2) is 4.90 Å². The van der Waals surface area contributed by atoms with Crippen LogP contribution in [0.4, 0.5) is 0 Å². The number of nitrogens with one attached hydrogen (secondary N) is 2. The van der Waals surface area contributed by atoms with Gasteiger partial charge in [0.05, 0.1) is 5.69 Å². The van der Waals surface area contributed by atoms with Crippen LogP contribution in [0.3, 0.4) is 0 Å². The first-order chi connectivity index (χ1) is 6.40. The maximum absolute atomic E-state index is 11.4. The molecule has 0 aliphatic rings. The molecule has 0 saturated heterocycles. The number of aryl methyl sites for hydroxylation is 1. The van der Waals surface area contributed by atoms with E-state index in [1.165, 1.54) is 14.0 Å². The van der Waals surface area contributed by atoms with Gasteiger partial charge in [0.25, 0.3) is 0 Å². The zero-order valence-electron chi connectivity index (χ0n) is 7.53. The molecular formula is C6H9N3O4S. The molecule has 14 heavy (non-hydrogen) atoms. The Labute approximate surface area is 80.2 Å². The van der Waals surface area contributed by atoms with Crippen LogP contribution in [-0.2, 0) is 10.0 Å². The normalized spacial score (nSPS) is 11.6. The lowest BCUT2D eigenvalue weighted by molar-refractivity contribution is 0.0686. The van der Waals surface area contributed by atoms with Crippen molar-refractivity contribution >= 4 is 16.0 Å². The van der Waals surface area contributed by atoms with Gasteiger partial charge in [0.15, 0.2) is 5.69 Å². The van der Waals surface area contributed by atoms with Crippen molar-refractivity contribution in [3.05, 3.63) is 11.4 Å².